The lowest BCUT2D eigenvalue weighted by atomic mass is 9.96. The van der Waals surface area contributed by atoms with Crippen LogP contribution in [0.4, 0.5) is 5.69 Å². The molecule has 29 heavy (non-hydrogen) atoms. The minimum atomic E-state index is -3.53. The van der Waals surface area contributed by atoms with Crippen molar-refractivity contribution in [2.24, 2.45) is 5.92 Å². The number of amides is 1. The molecule has 7 heteroatoms. The fraction of sp³-hybridized carbons (Fsp3) is 0.409. The quantitative estimate of drug-likeness (QED) is 0.749. The first-order valence-electron chi connectivity index (χ1n) is 9.93. The second kappa shape index (κ2) is 8.86. The Hall–Kier alpha value is -2.54. The molecule has 1 aliphatic heterocycles. The van der Waals surface area contributed by atoms with Gasteiger partial charge in [-0.05, 0) is 37.0 Å². The third-order valence-corrected chi connectivity index (χ3v) is 6.70. The van der Waals surface area contributed by atoms with E-state index in [0.717, 1.165) is 12.0 Å². The molecular weight excluding hydrogens is 388 g/mol. The maximum Gasteiger partial charge on any atom is 0.263 e. The van der Waals surface area contributed by atoms with E-state index in [1.54, 1.807) is 31.2 Å². The summed E-state index contributed by atoms with van der Waals surface area (Å²) in [4.78, 5) is 13.1. The molecule has 2 atom stereocenters. The molecule has 1 aliphatic rings. The second-order valence-electron chi connectivity index (χ2n) is 7.61. The summed E-state index contributed by atoms with van der Waals surface area (Å²) in [5, 5.41) is 3.07. The lowest BCUT2D eigenvalue weighted by Crippen LogP contribution is -2.51. The van der Waals surface area contributed by atoms with E-state index in [9.17, 15) is 13.2 Å². The van der Waals surface area contributed by atoms with Crippen molar-refractivity contribution < 1.29 is 17.9 Å². The van der Waals surface area contributed by atoms with Gasteiger partial charge in [0.25, 0.3) is 5.91 Å². The van der Waals surface area contributed by atoms with E-state index in [1.165, 1.54) is 4.31 Å². The Kier molecular flexibility index (Phi) is 6.47. The average molecular weight is 417 g/mol. The first kappa shape index (κ1) is 21.2. The summed E-state index contributed by atoms with van der Waals surface area (Å²) >= 11 is 0. The standard InChI is InChI=1S/C22H28N2O4S/c1-4-29(26,27)24-15-21(28-20-13-9-8-12-19(20)24)22(25)23-18(14-16(2)3)17-10-6-5-7-11-17/h5-13,16,18,21H,4,14-15H2,1-3H3,(H,23,25)/t18-,21+/m0/s1. The zero-order valence-electron chi connectivity index (χ0n) is 17.0. The maximum atomic E-state index is 13.1. The average Bonchev–Trinajstić information content (AvgIpc) is 2.72. The minimum absolute atomic E-state index is 0.0395. The van der Waals surface area contributed by atoms with E-state index in [1.807, 2.05) is 30.3 Å². The Morgan fingerprint density at radius 2 is 1.79 bits per heavy atom. The monoisotopic (exact) mass is 416 g/mol. The Morgan fingerprint density at radius 3 is 2.45 bits per heavy atom. The summed E-state index contributed by atoms with van der Waals surface area (Å²) in [6.07, 6.45) is -0.139. The van der Waals surface area contributed by atoms with E-state index >= 15 is 0 Å². The van der Waals surface area contributed by atoms with Gasteiger partial charge in [0.15, 0.2) is 6.10 Å². The Morgan fingerprint density at radius 1 is 1.14 bits per heavy atom. The predicted octanol–water partition coefficient (Wildman–Crippen LogP) is 3.51. The van der Waals surface area contributed by atoms with E-state index < -0.39 is 16.1 Å². The number of rotatable bonds is 7. The lowest BCUT2D eigenvalue weighted by Gasteiger charge is -2.35. The molecule has 0 aromatic heterocycles. The molecule has 1 amide bonds. The van der Waals surface area contributed by atoms with Gasteiger partial charge in [0.2, 0.25) is 10.0 Å². The van der Waals surface area contributed by atoms with E-state index in [-0.39, 0.29) is 24.2 Å². The van der Waals surface area contributed by atoms with Crippen LogP contribution in [0.3, 0.4) is 0 Å². The highest BCUT2D eigenvalue weighted by molar-refractivity contribution is 7.92. The number of benzene rings is 2. The SMILES string of the molecule is CCS(=O)(=O)N1C[C@H](C(=O)N[C@@H](CC(C)C)c2ccccc2)Oc2ccccc21. The number of hydrogen-bond donors (Lipinski definition) is 1. The van der Waals surface area contributed by atoms with Crippen LogP contribution in [0.1, 0.15) is 38.8 Å². The maximum absolute atomic E-state index is 13.1. The zero-order chi connectivity index (χ0) is 21.0. The molecule has 1 heterocycles. The first-order valence-corrected chi connectivity index (χ1v) is 11.5. The number of ether oxygens (including phenoxy) is 1. The molecule has 0 radical (unpaired) electrons. The molecule has 3 rings (SSSR count). The summed E-state index contributed by atoms with van der Waals surface area (Å²) < 4.78 is 32.4. The largest absolute Gasteiger partial charge is 0.476 e. The molecule has 0 spiro atoms. The third kappa shape index (κ3) is 4.90. The predicted molar refractivity (Wildman–Crippen MR) is 114 cm³/mol. The number of hydrogen-bond acceptors (Lipinski definition) is 4. The zero-order valence-corrected chi connectivity index (χ0v) is 17.9. The van der Waals surface area contributed by atoms with Crippen LogP contribution in [0.5, 0.6) is 5.75 Å². The molecule has 0 fully saturated rings. The molecule has 2 aromatic carbocycles. The molecule has 0 aliphatic carbocycles. The van der Waals surface area contributed by atoms with Crippen molar-refractivity contribution in [2.75, 3.05) is 16.6 Å². The van der Waals surface area contributed by atoms with Crippen LogP contribution in [0, 0.1) is 5.92 Å². The van der Waals surface area contributed by atoms with Crippen molar-refractivity contribution >= 4 is 21.6 Å². The van der Waals surface area contributed by atoms with Gasteiger partial charge < -0.3 is 10.1 Å². The van der Waals surface area contributed by atoms with Crippen molar-refractivity contribution in [2.45, 2.75) is 39.3 Å². The first-order chi connectivity index (χ1) is 13.8. The number of carbonyl (C=O) groups excluding carboxylic acids is 1. The van der Waals surface area contributed by atoms with E-state index in [0.29, 0.717) is 17.4 Å². The smallest absolute Gasteiger partial charge is 0.263 e. The van der Waals surface area contributed by atoms with Crippen LogP contribution in [0.15, 0.2) is 54.6 Å². The van der Waals surface area contributed by atoms with Gasteiger partial charge in [0.05, 0.1) is 24.0 Å². The number of anilines is 1. The van der Waals surface area contributed by atoms with Gasteiger partial charge in [-0.3, -0.25) is 9.10 Å². The van der Waals surface area contributed by atoms with Crippen molar-refractivity contribution in [3.63, 3.8) is 0 Å². The van der Waals surface area contributed by atoms with E-state index in [4.69, 9.17) is 4.74 Å². The van der Waals surface area contributed by atoms with Gasteiger partial charge in [0, 0.05) is 0 Å². The number of nitrogens with zero attached hydrogens (tertiary/aromatic N) is 1. The molecule has 6 nitrogen and oxygen atoms in total. The lowest BCUT2D eigenvalue weighted by molar-refractivity contribution is -0.128. The Labute approximate surface area is 172 Å². The minimum Gasteiger partial charge on any atom is -0.476 e. The van der Waals surface area contributed by atoms with Crippen LogP contribution in [0.2, 0.25) is 0 Å². The highest BCUT2D eigenvalue weighted by Crippen LogP contribution is 2.35. The fourth-order valence-electron chi connectivity index (χ4n) is 3.46. The van der Waals surface area contributed by atoms with Crippen molar-refractivity contribution in [3.05, 3.63) is 60.2 Å². The molecule has 2 aromatic rings. The van der Waals surface area contributed by atoms with Crippen molar-refractivity contribution in [3.8, 4) is 5.75 Å². The topological polar surface area (TPSA) is 75.7 Å². The molecule has 0 saturated carbocycles. The molecule has 0 bridgehead atoms. The van der Waals surface area contributed by atoms with Gasteiger partial charge in [-0.15, -0.1) is 0 Å². The summed E-state index contributed by atoms with van der Waals surface area (Å²) in [5.74, 6) is 0.419. The highest BCUT2D eigenvalue weighted by Gasteiger charge is 2.36. The van der Waals surface area contributed by atoms with E-state index in [2.05, 4.69) is 19.2 Å². The highest BCUT2D eigenvalue weighted by atomic mass is 32.2. The molecule has 0 unspecified atom stereocenters. The third-order valence-electron chi connectivity index (χ3n) is 4.95. The number of para-hydroxylation sites is 2. The van der Waals surface area contributed by atoms with Gasteiger partial charge in [-0.2, -0.15) is 0 Å². The van der Waals surface area contributed by atoms with Crippen LogP contribution in [-0.2, 0) is 14.8 Å². The van der Waals surface area contributed by atoms with Gasteiger partial charge >= 0.3 is 0 Å². The summed E-state index contributed by atoms with van der Waals surface area (Å²) in [6, 6.07) is 16.5. The molecule has 0 saturated heterocycles. The molecular formula is C22H28N2O4S. The van der Waals surface area contributed by atoms with Crippen LogP contribution < -0.4 is 14.4 Å². The normalized spacial score (nSPS) is 17.4. The van der Waals surface area contributed by atoms with Crippen LogP contribution >= 0.6 is 0 Å². The summed E-state index contributed by atoms with van der Waals surface area (Å²) in [6.45, 7) is 5.76. The van der Waals surface area contributed by atoms with Crippen LogP contribution in [-0.4, -0.2) is 32.7 Å². The Bertz CT molecular complexity index is 944. The van der Waals surface area contributed by atoms with Gasteiger partial charge in [-0.1, -0.05) is 56.3 Å². The van der Waals surface area contributed by atoms with Crippen molar-refractivity contribution in [1.82, 2.24) is 5.32 Å². The molecule has 1 N–H and O–H groups in total. The fourth-order valence-corrected chi connectivity index (χ4v) is 4.58. The van der Waals surface area contributed by atoms with Crippen molar-refractivity contribution in [1.29, 1.82) is 0 Å². The van der Waals surface area contributed by atoms with Crippen LogP contribution in [0.25, 0.3) is 0 Å². The van der Waals surface area contributed by atoms with Gasteiger partial charge in [-0.25, -0.2) is 8.42 Å². The molecule has 156 valence electrons. The number of sulfonamides is 1. The second-order valence-corrected chi connectivity index (χ2v) is 9.79. The summed E-state index contributed by atoms with van der Waals surface area (Å²) in [7, 11) is -3.53. The number of nitrogens with one attached hydrogen (secondary N) is 1. The number of carbonyl (C=O) groups is 1. The van der Waals surface area contributed by atoms with Gasteiger partial charge in [0.1, 0.15) is 5.75 Å². The summed E-state index contributed by atoms with van der Waals surface area (Å²) in [5.41, 5.74) is 1.49. The number of fused-ring (bicyclic) bond motifs is 1. The Balaban J connectivity index is 1.85.